The monoisotopic (exact) mass is 290 g/mol. The van der Waals surface area contributed by atoms with Crippen molar-refractivity contribution in [3.63, 3.8) is 0 Å². The van der Waals surface area contributed by atoms with Gasteiger partial charge in [-0.2, -0.15) is 0 Å². The Kier molecular flexibility index (Phi) is 5.22. The highest BCUT2D eigenvalue weighted by Gasteiger charge is 2.31. The Labute approximate surface area is 120 Å². The van der Waals surface area contributed by atoms with Crippen LogP contribution in [-0.2, 0) is 4.74 Å². The summed E-state index contributed by atoms with van der Waals surface area (Å²) in [5.74, 6) is 1.07. The third-order valence-electron chi connectivity index (χ3n) is 4.05. The minimum Gasteiger partial charge on any atom is -0.374 e. The highest BCUT2D eigenvalue weighted by atomic mass is 35.5. The van der Waals surface area contributed by atoms with Crippen LogP contribution in [0.4, 0.5) is 0 Å². The van der Waals surface area contributed by atoms with Gasteiger partial charge in [0.1, 0.15) is 0 Å². The molecule has 0 aromatic rings. The lowest BCUT2D eigenvalue weighted by Gasteiger charge is -2.23. The van der Waals surface area contributed by atoms with E-state index in [1.807, 2.05) is 11.8 Å². The molecule has 3 nitrogen and oxygen atoms in total. The molecule has 2 fully saturated rings. The average Bonchev–Trinajstić information content (AvgIpc) is 2.91. The zero-order valence-electron chi connectivity index (χ0n) is 10.9. The highest BCUT2D eigenvalue weighted by molar-refractivity contribution is 8.13. The van der Waals surface area contributed by atoms with E-state index in [9.17, 15) is 0 Å². The first-order valence-corrected chi connectivity index (χ1v) is 7.92. The van der Waals surface area contributed by atoms with Crippen LogP contribution in [0.25, 0.3) is 0 Å². The van der Waals surface area contributed by atoms with Gasteiger partial charge >= 0.3 is 0 Å². The molecular weight excluding hydrogens is 268 g/mol. The molecule has 104 valence electrons. The van der Waals surface area contributed by atoms with E-state index in [4.69, 9.17) is 9.73 Å². The number of ether oxygens (including phenoxy) is 1. The van der Waals surface area contributed by atoms with E-state index in [-0.39, 0.29) is 12.4 Å². The SMILES string of the molecule is CC1CCC(CSC2=NC3CCCCC3N2)O1.Cl. The fourth-order valence-corrected chi connectivity index (χ4v) is 4.07. The molecule has 0 amide bonds. The molecule has 5 heteroatoms. The van der Waals surface area contributed by atoms with Gasteiger partial charge in [0.2, 0.25) is 0 Å². The quantitative estimate of drug-likeness (QED) is 0.849. The predicted octanol–water partition coefficient (Wildman–Crippen LogP) is 2.98. The molecule has 2 aliphatic heterocycles. The fourth-order valence-electron chi connectivity index (χ4n) is 3.04. The third kappa shape index (κ3) is 3.34. The van der Waals surface area contributed by atoms with E-state index in [1.165, 1.54) is 43.7 Å². The fraction of sp³-hybridized carbons (Fsp3) is 0.923. The lowest BCUT2D eigenvalue weighted by Crippen LogP contribution is -2.36. The molecule has 0 aromatic carbocycles. The smallest absolute Gasteiger partial charge is 0.157 e. The van der Waals surface area contributed by atoms with Crippen molar-refractivity contribution in [2.75, 3.05) is 5.75 Å². The van der Waals surface area contributed by atoms with Gasteiger partial charge in [-0.1, -0.05) is 24.6 Å². The zero-order valence-corrected chi connectivity index (χ0v) is 12.6. The molecule has 2 heterocycles. The Hall–Kier alpha value is 0.0700. The number of rotatable bonds is 2. The Balaban J connectivity index is 0.00000120. The average molecular weight is 291 g/mol. The minimum absolute atomic E-state index is 0. The first kappa shape index (κ1) is 14.5. The Morgan fingerprint density at radius 3 is 2.83 bits per heavy atom. The van der Waals surface area contributed by atoms with E-state index in [0.717, 1.165) is 5.75 Å². The third-order valence-corrected chi connectivity index (χ3v) is 5.08. The maximum atomic E-state index is 5.84. The van der Waals surface area contributed by atoms with Gasteiger partial charge in [-0.05, 0) is 32.6 Å². The van der Waals surface area contributed by atoms with Crippen LogP contribution in [0.1, 0.15) is 45.4 Å². The zero-order chi connectivity index (χ0) is 11.7. The van der Waals surface area contributed by atoms with Crippen molar-refractivity contribution >= 4 is 29.3 Å². The molecule has 3 aliphatic rings. The van der Waals surface area contributed by atoms with Gasteiger partial charge in [-0.15, -0.1) is 12.4 Å². The number of aliphatic imine (C=N–C) groups is 1. The molecule has 0 aromatic heterocycles. The van der Waals surface area contributed by atoms with Crippen LogP contribution in [0.5, 0.6) is 0 Å². The first-order chi connectivity index (χ1) is 8.31. The van der Waals surface area contributed by atoms with Crippen LogP contribution in [0.3, 0.4) is 0 Å². The molecule has 4 unspecified atom stereocenters. The molecule has 18 heavy (non-hydrogen) atoms. The van der Waals surface area contributed by atoms with Crippen LogP contribution in [-0.4, -0.2) is 35.2 Å². The van der Waals surface area contributed by atoms with E-state index in [1.54, 1.807) is 0 Å². The molecule has 0 spiro atoms. The molecule has 1 aliphatic carbocycles. The second-order valence-corrected chi connectivity index (χ2v) is 6.50. The second kappa shape index (κ2) is 6.49. The molecule has 1 saturated heterocycles. The van der Waals surface area contributed by atoms with Gasteiger partial charge in [-0.25, -0.2) is 0 Å². The molecule has 1 saturated carbocycles. The summed E-state index contributed by atoms with van der Waals surface area (Å²) in [6.07, 6.45) is 8.64. The summed E-state index contributed by atoms with van der Waals surface area (Å²) in [5, 5.41) is 4.76. The normalized spacial score (nSPS) is 38.6. The van der Waals surface area contributed by atoms with Crippen LogP contribution >= 0.6 is 24.2 Å². The summed E-state index contributed by atoms with van der Waals surface area (Å²) in [6, 6.07) is 1.20. The predicted molar refractivity (Wildman–Crippen MR) is 79.9 cm³/mol. The van der Waals surface area contributed by atoms with Crippen molar-refractivity contribution < 1.29 is 4.74 Å². The van der Waals surface area contributed by atoms with Gasteiger partial charge in [0.05, 0.1) is 24.3 Å². The molecule has 3 rings (SSSR count). The topological polar surface area (TPSA) is 33.6 Å². The maximum Gasteiger partial charge on any atom is 0.157 e. The number of fused-ring (bicyclic) bond motifs is 1. The number of nitrogens with one attached hydrogen (secondary N) is 1. The number of amidine groups is 1. The van der Waals surface area contributed by atoms with Crippen molar-refractivity contribution in [2.24, 2.45) is 4.99 Å². The Morgan fingerprint density at radius 1 is 1.28 bits per heavy atom. The van der Waals surface area contributed by atoms with Crippen LogP contribution < -0.4 is 5.32 Å². The minimum atomic E-state index is 0. The van der Waals surface area contributed by atoms with Gasteiger partial charge < -0.3 is 10.1 Å². The summed E-state index contributed by atoms with van der Waals surface area (Å²) in [6.45, 7) is 2.17. The van der Waals surface area contributed by atoms with E-state index < -0.39 is 0 Å². The lowest BCUT2D eigenvalue weighted by atomic mass is 9.92. The van der Waals surface area contributed by atoms with Crippen molar-refractivity contribution in [3.05, 3.63) is 0 Å². The summed E-state index contributed by atoms with van der Waals surface area (Å²) >= 11 is 1.86. The van der Waals surface area contributed by atoms with Gasteiger partial charge in [0.25, 0.3) is 0 Å². The second-order valence-electron chi connectivity index (χ2n) is 5.49. The number of halogens is 1. The van der Waals surface area contributed by atoms with Crippen LogP contribution in [0, 0.1) is 0 Å². The summed E-state index contributed by atoms with van der Waals surface area (Å²) < 4.78 is 5.84. The van der Waals surface area contributed by atoms with Crippen molar-refractivity contribution in [1.29, 1.82) is 0 Å². The van der Waals surface area contributed by atoms with Crippen molar-refractivity contribution in [1.82, 2.24) is 5.32 Å². The largest absolute Gasteiger partial charge is 0.374 e. The number of hydrogen-bond acceptors (Lipinski definition) is 4. The number of thioether (sulfide) groups is 1. The summed E-state index contributed by atoms with van der Waals surface area (Å²) in [5.41, 5.74) is 0. The molecular formula is C13H23ClN2OS. The Morgan fingerprint density at radius 2 is 2.11 bits per heavy atom. The Bertz CT molecular complexity index is 313. The van der Waals surface area contributed by atoms with Crippen molar-refractivity contribution in [3.8, 4) is 0 Å². The molecule has 1 N–H and O–H groups in total. The molecule has 4 atom stereocenters. The van der Waals surface area contributed by atoms with E-state index in [0.29, 0.717) is 24.3 Å². The van der Waals surface area contributed by atoms with Gasteiger partial charge in [0.15, 0.2) is 5.17 Å². The van der Waals surface area contributed by atoms with Crippen molar-refractivity contribution in [2.45, 2.75) is 69.7 Å². The lowest BCUT2D eigenvalue weighted by molar-refractivity contribution is 0.0701. The standard InChI is InChI=1S/C13H22N2OS.ClH/c1-9-6-7-10(16-9)8-17-13-14-11-4-2-3-5-12(11)15-13;/h9-12H,2-8H2,1H3,(H,14,15);1H. The van der Waals surface area contributed by atoms with Gasteiger partial charge in [0, 0.05) is 5.75 Å². The molecule has 0 bridgehead atoms. The van der Waals surface area contributed by atoms with Crippen LogP contribution in [0.2, 0.25) is 0 Å². The van der Waals surface area contributed by atoms with E-state index in [2.05, 4.69) is 12.2 Å². The molecule has 0 radical (unpaired) electrons. The van der Waals surface area contributed by atoms with E-state index >= 15 is 0 Å². The summed E-state index contributed by atoms with van der Waals surface area (Å²) in [7, 11) is 0. The van der Waals surface area contributed by atoms with Crippen LogP contribution in [0.15, 0.2) is 4.99 Å². The first-order valence-electron chi connectivity index (χ1n) is 6.94. The highest BCUT2D eigenvalue weighted by Crippen LogP contribution is 2.28. The summed E-state index contributed by atoms with van der Waals surface area (Å²) in [4.78, 5) is 4.80. The van der Waals surface area contributed by atoms with Gasteiger partial charge in [-0.3, -0.25) is 4.99 Å². The maximum absolute atomic E-state index is 5.84. The number of nitrogens with zero attached hydrogens (tertiary/aromatic N) is 1. The number of hydrogen-bond donors (Lipinski definition) is 1.